The Morgan fingerprint density at radius 3 is 2.79 bits per heavy atom. The second kappa shape index (κ2) is 4.85. The quantitative estimate of drug-likeness (QED) is 0.693. The first-order valence-electron chi connectivity index (χ1n) is 5.34. The van der Waals surface area contributed by atoms with Gasteiger partial charge in [0.05, 0.1) is 11.0 Å². The molecule has 19 heavy (non-hydrogen) atoms. The van der Waals surface area contributed by atoms with E-state index in [1.54, 1.807) is 6.92 Å². The molecule has 1 aromatic heterocycles. The fourth-order valence-electron chi connectivity index (χ4n) is 1.78. The summed E-state index contributed by atoms with van der Waals surface area (Å²) in [5, 5.41) is 14.8. The fraction of sp³-hybridized carbons (Fsp3) is 0.182. The van der Waals surface area contributed by atoms with Crippen LogP contribution in [-0.2, 0) is 0 Å². The van der Waals surface area contributed by atoms with Gasteiger partial charge in [0.2, 0.25) is 5.82 Å². The van der Waals surface area contributed by atoms with Crippen molar-refractivity contribution in [2.75, 3.05) is 5.73 Å². The molecule has 2 rings (SSSR count). The Labute approximate surface area is 112 Å². The Bertz CT molecular complexity index is 644. The molecule has 0 saturated heterocycles. The van der Waals surface area contributed by atoms with Crippen LogP contribution in [0.2, 0.25) is 5.02 Å². The van der Waals surface area contributed by atoms with Gasteiger partial charge in [-0.3, -0.25) is 10.1 Å². The van der Waals surface area contributed by atoms with Crippen molar-refractivity contribution in [3.05, 3.63) is 50.9 Å². The minimum Gasteiger partial charge on any atom is -0.378 e. The fourth-order valence-corrected chi connectivity index (χ4v) is 2.11. The number of anilines is 1. The highest BCUT2D eigenvalue weighted by atomic mass is 35.5. The van der Waals surface area contributed by atoms with Crippen LogP contribution < -0.4 is 5.73 Å². The molecule has 6 nitrogen and oxygen atoms in total. The molecular weight excluding hydrogens is 275 g/mol. The lowest BCUT2D eigenvalue weighted by Gasteiger charge is -2.15. The second-order valence-corrected chi connectivity index (χ2v) is 4.37. The lowest BCUT2D eigenvalue weighted by molar-refractivity contribution is -0.384. The highest BCUT2D eigenvalue weighted by molar-refractivity contribution is 6.31. The Morgan fingerprint density at radius 1 is 1.58 bits per heavy atom. The number of hydrogen-bond donors (Lipinski definition) is 1. The van der Waals surface area contributed by atoms with Crippen molar-refractivity contribution in [3.63, 3.8) is 0 Å². The van der Waals surface area contributed by atoms with Gasteiger partial charge in [-0.25, -0.2) is 9.07 Å². The third-order valence-electron chi connectivity index (χ3n) is 2.79. The zero-order chi connectivity index (χ0) is 14.2. The van der Waals surface area contributed by atoms with Gasteiger partial charge in [0.25, 0.3) is 0 Å². The Balaban J connectivity index is 2.44. The number of rotatable bonds is 3. The molecule has 2 aromatic rings. The summed E-state index contributed by atoms with van der Waals surface area (Å²) in [4.78, 5) is 10.1. The number of benzene rings is 1. The molecule has 0 fully saturated rings. The second-order valence-electron chi connectivity index (χ2n) is 3.96. The molecule has 0 bridgehead atoms. The molecule has 0 aliphatic carbocycles. The maximum Gasteiger partial charge on any atom is 0.330 e. The largest absolute Gasteiger partial charge is 0.378 e. The summed E-state index contributed by atoms with van der Waals surface area (Å²) in [7, 11) is 0. The van der Waals surface area contributed by atoms with E-state index in [0.717, 1.165) is 6.20 Å². The number of hydrogen-bond acceptors (Lipinski definition) is 4. The first-order chi connectivity index (χ1) is 8.91. The van der Waals surface area contributed by atoms with Gasteiger partial charge in [-0.2, -0.15) is 5.10 Å². The molecular formula is C11H10ClFN4O2. The molecule has 100 valence electrons. The minimum absolute atomic E-state index is 0.0714. The number of nitrogen functional groups attached to an aromatic ring is 1. The summed E-state index contributed by atoms with van der Waals surface area (Å²) in [5.41, 5.74) is 5.97. The van der Waals surface area contributed by atoms with Crippen LogP contribution in [0.1, 0.15) is 18.5 Å². The van der Waals surface area contributed by atoms with Crippen molar-refractivity contribution in [1.82, 2.24) is 9.78 Å². The standard InChI is InChI=1S/C11H10ClFN4O2/c1-6(8-3-2-7(13)4-9(8)12)16-11(14)10(5-15-16)17(18)19/h2-6H,14H2,1H3. The average molecular weight is 285 g/mol. The van der Waals surface area contributed by atoms with Crippen LogP contribution in [-0.4, -0.2) is 14.7 Å². The van der Waals surface area contributed by atoms with Crippen LogP contribution in [0.3, 0.4) is 0 Å². The third-order valence-corrected chi connectivity index (χ3v) is 3.12. The number of aromatic nitrogens is 2. The summed E-state index contributed by atoms with van der Waals surface area (Å²) in [6, 6.07) is 3.48. The maximum atomic E-state index is 13.0. The maximum absolute atomic E-state index is 13.0. The smallest absolute Gasteiger partial charge is 0.330 e. The van der Waals surface area contributed by atoms with Crippen molar-refractivity contribution in [3.8, 4) is 0 Å². The van der Waals surface area contributed by atoms with E-state index in [0.29, 0.717) is 5.56 Å². The van der Waals surface area contributed by atoms with Gasteiger partial charge < -0.3 is 5.73 Å². The van der Waals surface area contributed by atoms with Gasteiger partial charge in [0.15, 0.2) is 0 Å². The highest BCUT2D eigenvalue weighted by Crippen LogP contribution is 2.30. The normalized spacial score (nSPS) is 12.4. The lowest BCUT2D eigenvalue weighted by Crippen LogP contribution is -2.12. The Kier molecular flexibility index (Phi) is 3.39. The first-order valence-corrected chi connectivity index (χ1v) is 5.72. The highest BCUT2D eigenvalue weighted by Gasteiger charge is 2.22. The Hall–Kier alpha value is -2.15. The van der Waals surface area contributed by atoms with E-state index in [9.17, 15) is 14.5 Å². The van der Waals surface area contributed by atoms with E-state index >= 15 is 0 Å². The van der Waals surface area contributed by atoms with Crippen LogP contribution >= 0.6 is 11.6 Å². The van der Waals surface area contributed by atoms with Gasteiger partial charge >= 0.3 is 5.69 Å². The van der Waals surface area contributed by atoms with Gasteiger partial charge in [0.1, 0.15) is 12.0 Å². The molecule has 0 aliphatic heterocycles. The van der Waals surface area contributed by atoms with Crippen molar-refractivity contribution in [2.45, 2.75) is 13.0 Å². The van der Waals surface area contributed by atoms with E-state index in [-0.39, 0.29) is 16.5 Å². The molecule has 1 atom stereocenters. The van der Waals surface area contributed by atoms with Gasteiger partial charge in [-0.05, 0) is 24.6 Å². The van der Waals surface area contributed by atoms with Crippen molar-refractivity contribution >= 4 is 23.1 Å². The van der Waals surface area contributed by atoms with E-state index in [4.69, 9.17) is 17.3 Å². The third kappa shape index (κ3) is 2.37. The van der Waals surface area contributed by atoms with Crippen molar-refractivity contribution in [2.24, 2.45) is 0 Å². The molecule has 0 saturated carbocycles. The van der Waals surface area contributed by atoms with Gasteiger partial charge in [-0.15, -0.1) is 0 Å². The monoisotopic (exact) mass is 284 g/mol. The minimum atomic E-state index is -0.613. The number of halogens is 2. The van der Waals surface area contributed by atoms with Crippen LogP contribution in [0.15, 0.2) is 24.4 Å². The van der Waals surface area contributed by atoms with E-state index in [1.165, 1.54) is 22.9 Å². The van der Waals surface area contributed by atoms with Crippen LogP contribution in [0, 0.1) is 15.9 Å². The predicted octanol–water partition coefficient (Wildman–Crippen LogP) is 2.78. The topological polar surface area (TPSA) is 87.0 Å². The molecule has 1 heterocycles. The van der Waals surface area contributed by atoms with Crippen LogP contribution in [0.4, 0.5) is 15.9 Å². The molecule has 0 spiro atoms. The predicted molar refractivity (Wildman–Crippen MR) is 68.5 cm³/mol. The molecule has 1 unspecified atom stereocenters. The van der Waals surface area contributed by atoms with Gasteiger partial charge in [-0.1, -0.05) is 17.7 Å². The van der Waals surface area contributed by atoms with E-state index in [2.05, 4.69) is 5.10 Å². The summed E-state index contributed by atoms with van der Waals surface area (Å²) < 4.78 is 14.3. The number of nitrogens with zero attached hydrogens (tertiary/aromatic N) is 3. The van der Waals surface area contributed by atoms with Gasteiger partial charge in [0, 0.05) is 5.02 Å². The molecule has 0 aliphatic rings. The molecule has 1 aromatic carbocycles. The van der Waals surface area contributed by atoms with E-state index < -0.39 is 16.8 Å². The molecule has 0 amide bonds. The van der Waals surface area contributed by atoms with E-state index in [1.807, 2.05) is 0 Å². The number of nitro groups is 1. The zero-order valence-corrected chi connectivity index (χ0v) is 10.6. The molecule has 0 radical (unpaired) electrons. The van der Waals surface area contributed by atoms with Crippen LogP contribution in [0.25, 0.3) is 0 Å². The zero-order valence-electron chi connectivity index (χ0n) is 9.88. The summed E-state index contributed by atoms with van der Waals surface area (Å²) in [5.74, 6) is -0.529. The van der Waals surface area contributed by atoms with Crippen molar-refractivity contribution < 1.29 is 9.31 Å². The number of nitrogens with two attached hydrogens (primary N) is 1. The average Bonchev–Trinajstić information content (AvgIpc) is 2.70. The first kappa shape index (κ1) is 13.3. The molecule has 8 heteroatoms. The SMILES string of the molecule is CC(c1ccc(F)cc1Cl)n1ncc([N+](=O)[O-])c1N. The molecule has 2 N–H and O–H groups in total. The Morgan fingerprint density at radius 2 is 2.26 bits per heavy atom. The van der Waals surface area contributed by atoms with Crippen molar-refractivity contribution in [1.29, 1.82) is 0 Å². The summed E-state index contributed by atoms with van der Waals surface area (Å²) >= 11 is 5.94. The lowest BCUT2D eigenvalue weighted by atomic mass is 10.1. The summed E-state index contributed by atoms with van der Waals surface area (Å²) in [6.45, 7) is 1.71. The van der Waals surface area contributed by atoms with Crippen LogP contribution in [0.5, 0.6) is 0 Å². The summed E-state index contributed by atoms with van der Waals surface area (Å²) in [6.07, 6.45) is 1.07.